The molecule has 0 spiro atoms. The van der Waals surface area contributed by atoms with Gasteiger partial charge in [0.1, 0.15) is 0 Å². The summed E-state index contributed by atoms with van der Waals surface area (Å²) >= 11 is 0. The number of pyridine rings is 4. The minimum Gasteiger partial charge on any atom is -0.371 e. The zero-order chi connectivity index (χ0) is 80.2. The van der Waals surface area contributed by atoms with Crippen molar-refractivity contribution < 1.29 is 0 Å². The van der Waals surface area contributed by atoms with E-state index in [1.54, 1.807) is 24.3 Å². The summed E-state index contributed by atoms with van der Waals surface area (Å²) in [4.78, 5) is 172. The lowest BCUT2D eigenvalue weighted by Gasteiger charge is -2.33. The Morgan fingerprint density at radius 3 is 0.669 bits per heavy atom. The van der Waals surface area contributed by atoms with Gasteiger partial charge < -0.3 is 29.4 Å². The van der Waals surface area contributed by atoms with Crippen molar-refractivity contribution >= 4 is 187 Å². The van der Waals surface area contributed by atoms with Gasteiger partial charge in [0.25, 0.3) is 44.5 Å². The maximum atomic E-state index is 16.2. The van der Waals surface area contributed by atoms with Crippen molar-refractivity contribution in [3.8, 4) is 0 Å². The Hall–Kier alpha value is -12.6. The van der Waals surface area contributed by atoms with Crippen molar-refractivity contribution in [2.75, 3.05) is 108 Å². The molecule has 0 saturated carbocycles. The van der Waals surface area contributed by atoms with Gasteiger partial charge >= 0.3 is 0 Å². The Morgan fingerprint density at radius 2 is 0.458 bits per heavy atom. The van der Waals surface area contributed by atoms with Crippen LogP contribution in [0.25, 0.3) is 152 Å². The molecule has 4 N–H and O–H groups in total. The number of rotatable bonds is 18. The van der Waals surface area contributed by atoms with Crippen molar-refractivity contribution in [2.45, 2.75) is 156 Å². The van der Waals surface area contributed by atoms with Gasteiger partial charge in [-0.15, -0.1) is 0 Å². The molecule has 0 amide bonds. The van der Waals surface area contributed by atoms with Crippen LogP contribution >= 0.6 is 0 Å². The van der Waals surface area contributed by atoms with Crippen LogP contribution in [-0.4, -0.2) is 147 Å². The highest BCUT2D eigenvalue weighted by Crippen LogP contribution is 2.53. The molecular formula is C90H92N20O8. The molecule has 28 nitrogen and oxygen atoms in total. The second-order valence-corrected chi connectivity index (χ2v) is 33.3. The Bertz CT molecular complexity index is 6790. The van der Waals surface area contributed by atoms with E-state index in [0.29, 0.717) is 122 Å². The summed E-state index contributed by atoms with van der Waals surface area (Å²) in [6.45, 7) is 15.8. The highest BCUT2D eigenvalue weighted by atomic mass is 16.2. The fraction of sp³-hybridized carbons (Fsp3) is 0.400. The van der Waals surface area contributed by atoms with Gasteiger partial charge in [-0.25, -0.2) is 0 Å². The molecule has 31 rings (SSSR count). The second kappa shape index (κ2) is 28.6. The third-order valence-electron chi connectivity index (χ3n) is 26.2. The van der Waals surface area contributed by atoms with Crippen LogP contribution in [0.4, 0.5) is 34.6 Å². The summed E-state index contributed by atoms with van der Waals surface area (Å²) in [7, 11) is 0. The van der Waals surface area contributed by atoms with E-state index in [1.165, 1.54) is 0 Å². The van der Waals surface area contributed by atoms with Crippen LogP contribution in [0.15, 0.2) is 111 Å². The van der Waals surface area contributed by atoms with Gasteiger partial charge in [-0.1, -0.05) is 77.6 Å². The molecule has 28 heteroatoms. The van der Waals surface area contributed by atoms with E-state index in [4.69, 9.17) is 29.9 Å². The molecule has 0 unspecified atom stereocenters. The van der Waals surface area contributed by atoms with E-state index in [2.05, 4.69) is 67.7 Å². The number of H-pyrrole nitrogens is 4. The fourth-order valence-corrected chi connectivity index (χ4v) is 20.4. The first-order valence-corrected chi connectivity index (χ1v) is 42.9. The molecule has 27 aromatic rings. The minimum atomic E-state index is -0.677. The van der Waals surface area contributed by atoms with Crippen LogP contribution in [0.3, 0.4) is 0 Å². The zero-order valence-electron chi connectivity index (χ0n) is 67.0. The lowest BCUT2D eigenvalue weighted by atomic mass is 9.84. The zero-order valence-corrected chi connectivity index (χ0v) is 67.0. The largest absolute Gasteiger partial charge is 0.371 e. The molecule has 4 aliphatic heterocycles. The third kappa shape index (κ3) is 11.2. The topological polar surface area (TPSA) is 314 Å². The van der Waals surface area contributed by atoms with Crippen LogP contribution in [-0.2, 0) is 0 Å². The number of benzene rings is 10. The standard InChI is InChI=1S/C90H92N20O8/c1-5-9-33-105(34-10-6-2)89-93-85-91-86(94-89)98-108-78(112)54-30-26-50-72-64(104-43-23-16-24-44-104)48-60-68-56(32-28-52(76(68)72)70-62(102-39-19-14-20-40-102)46-58(82(108)116)66(54)74(50)70)80(114)110(84(60)118)100-88-92-87(95-90(96-88)106(35-11-7-3)36-12-8-4)99-109-79(113)55-31-27-51-69-61(101-37-17-13-18-38-101)45-57-65-53(77(111)107(97-85)81(57)115)29-25-49(73(65)69)71-63(103-41-21-15-22-42-103)47-59(83(109)117)67(55)75(51)71/h25-32,45-48H,5-24,33-44H2,1-4H3,(H2,91,93,94,97,98)(H2,92,95,96,99,100). The summed E-state index contributed by atoms with van der Waals surface area (Å²) in [6, 6.07) is 22.4. The van der Waals surface area contributed by atoms with Crippen LogP contribution < -0.4 is 73.9 Å². The smallest absolute Gasteiger partial charge is 0.280 e. The first-order valence-electron chi connectivity index (χ1n) is 42.9. The van der Waals surface area contributed by atoms with Gasteiger partial charge in [0.15, 0.2) is 0 Å². The lowest BCUT2D eigenvalue weighted by molar-refractivity contribution is 0.579. The fourth-order valence-electron chi connectivity index (χ4n) is 20.4. The molecule has 0 aliphatic carbocycles. The predicted octanol–water partition coefficient (Wildman–Crippen LogP) is 13.3. The first kappa shape index (κ1) is 73.0. The number of hydrogen-bond acceptors (Lipinski definition) is 20. The average molecular weight is 1580 g/mol. The maximum absolute atomic E-state index is 16.2. The average Bonchev–Trinajstić information content (AvgIpc) is 0.681. The van der Waals surface area contributed by atoms with Gasteiger partial charge in [0, 0.05) is 166 Å². The summed E-state index contributed by atoms with van der Waals surface area (Å²) in [6.07, 6.45) is 17.5. The van der Waals surface area contributed by atoms with Gasteiger partial charge in [-0.2, -0.15) is 48.0 Å². The van der Waals surface area contributed by atoms with Crippen molar-refractivity contribution in [1.29, 1.82) is 0 Å². The predicted molar refractivity (Wildman–Crippen MR) is 474 cm³/mol. The van der Waals surface area contributed by atoms with Gasteiger partial charge in [-0.05, 0) is 173 Å². The molecule has 0 atom stereocenters. The quantitative estimate of drug-likeness (QED) is 0.0458. The molecule has 17 aromatic heterocycles. The highest BCUT2D eigenvalue weighted by molar-refractivity contribution is 6.45. The molecule has 4 saturated heterocycles. The van der Waals surface area contributed by atoms with Crippen molar-refractivity contribution in [3.63, 3.8) is 0 Å². The number of anilines is 6. The minimum absolute atomic E-state index is 0.185. The van der Waals surface area contributed by atoms with Crippen LogP contribution in [0.1, 0.15) is 156 Å². The molecule has 600 valence electrons. The Balaban J connectivity index is 0.964. The van der Waals surface area contributed by atoms with E-state index in [9.17, 15) is 0 Å². The van der Waals surface area contributed by atoms with Crippen LogP contribution in [0.2, 0.25) is 0 Å². The van der Waals surface area contributed by atoms with Crippen molar-refractivity contribution in [2.24, 2.45) is 0 Å². The Morgan fingerprint density at radius 1 is 0.254 bits per heavy atom. The Labute approximate surface area is 671 Å². The molecule has 21 heterocycles. The number of hydrogen-bond donors (Lipinski definition) is 4. The lowest BCUT2D eigenvalue weighted by Crippen LogP contribution is -2.33. The van der Waals surface area contributed by atoms with Crippen molar-refractivity contribution in [3.05, 3.63) is 156 Å². The SMILES string of the molecule is CCCCN(CCCC)c1nc2nc(n1)[nH]n1c(=O)c3ccc4c5c(N6CCCCC6)cc6c(=O)n([nH]c7nc(N(CCCC)CCCC)nc(n7)[nH]n7c(=O)c8ccc9c%10c(N%11CCCCC%11)cc%11c(=O)n([nH]2)c(=O)c2ccc(c%12c(N%13CCCCC%13)cc(c7=O)c8c9%12)c%10c2%11)c(=O)c2ccc(c7c(N8CCCCC8)cc(c1=O)c3c47)c5c26. The monoisotopic (exact) mass is 1580 g/mol. The summed E-state index contributed by atoms with van der Waals surface area (Å²) in [5.74, 6) is -0.443. The number of piperidine rings is 4. The highest BCUT2D eigenvalue weighted by Gasteiger charge is 2.34. The Kier molecular flexibility index (Phi) is 17.7. The molecule has 32 bridgehead atoms. The van der Waals surface area contributed by atoms with E-state index < -0.39 is 44.5 Å². The molecule has 4 aliphatic rings. The number of nitrogens with zero attached hydrogens (tertiary/aromatic N) is 16. The number of unbranched alkanes of at least 4 members (excludes halogenated alkanes) is 4. The third-order valence-corrected chi connectivity index (χ3v) is 26.2. The first-order chi connectivity index (χ1) is 57.7. The van der Waals surface area contributed by atoms with Gasteiger partial charge in [-0.3, -0.25) is 58.8 Å². The van der Waals surface area contributed by atoms with Crippen LogP contribution in [0.5, 0.6) is 0 Å². The molecule has 4 fully saturated rings. The van der Waals surface area contributed by atoms with Gasteiger partial charge in [0.2, 0.25) is 35.0 Å². The molecular weight excluding hydrogens is 1490 g/mol. The van der Waals surface area contributed by atoms with Crippen molar-refractivity contribution in [1.82, 2.24) is 68.4 Å². The normalized spacial score (nSPS) is 15.6. The maximum Gasteiger partial charge on any atom is 0.280 e. The van der Waals surface area contributed by atoms with E-state index in [-0.39, 0.29) is 78.1 Å². The summed E-state index contributed by atoms with van der Waals surface area (Å²) < 4.78 is 3.84. The second-order valence-electron chi connectivity index (χ2n) is 33.3. The summed E-state index contributed by atoms with van der Waals surface area (Å²) in [5, 5.41) is 25.0. The molecule has 118 heavy (non-hydrogen) atoms. The molecule has 10 aromatic carbocycles. The number of aromatic nitrogens is 14. The van der Waals surface area contributed by atoms with E-state index in [0.717, 1.165) is 212 Å². The van der Waals surface area contributed by atoms with Crippen LogP contribution in [0, 0.1) is 0 Å². The van der Waals surface area contributed by atoms with E-state index >= 15 is 38.4 Å². The summed E-state index contributed by atoms with van der Waals surface area (Å²) in [5.41, 5.74) is -2.36. The number of nitrogens with one attached hydrogen (secondary N) is 4. The van der Waals surface area contributed by atoms with E-state index in [1.807, 2.05) is 58.3 Å². The number of aromatic amines is 4. The van der Waals surface area contributed by atoms with Gasteiger partial charge in [0.05, 0.1) is 43.1 Å². The molecule has 0 radical (unpaired) electrons.